The van der Waals surface area contributed by atoms with Gasteiger partial charge in [-0.2, -0.15) is 0 Å². The Bertz CT molecular complexity index is 735. The second-order valence-corrected chi connectivity index (χ2v) is 8.16. The van der Waals surface area contributed by atoms with Gasteiger partial charge in [-0.15, -0.1) is 11.3 Å². The summed E-state index contributed by atoms with van der Waals surface area (Å²) in [5.41, 5.74) is 1.01. The van der Waals surface area contributed by atoms with Crippen molar-refractivity contribution in [2.24, 2.45) is 12.0 Å². The van der Waals surface area contributed by atoms with Crippen LogP contribution < -0.4 is 10.6 Å². The molecule has 1 atom stereocenters. The summed E-state index contributed by atoms with van der Waals surface area (Å²) in [5.74, 6) is 0.777. The summed E-state index contributed by atoms with van der Waals surface area (Å²) < 4.78 is 1.88. The molecule has 3 rings (SSSR count). The van der Waals surface area contributed by atoms with Crippen molar-refractivity contribution >= 4 is 40.5 Å². The van der Waals surface area contributed by atoms with Gasteiger partial charge in [-0.05, 0) is 43.4 Å². The molecule has 1 aliphatic heterocycles. The quantitative estimate of drug-likeness (QED) is 0.557. The van der Waals surface area contributed by atoms with Crippen molar-refractivity contribution < 1.29 is 0 Å². The van der Waals surface area contributed by atoms with E-state index in [9.17, 15) is 0 Å². The third kappa shape index (κ3) is 4.55. The predicted octanol–water partition coefficient (Wildman–Crippen LogP) is 3.90. The van der Waals surface area contributed by atoms with E-state index in [0.29, 0.717) is 22.8 Å². The molecule has 0 aromatic carbocycles. The van der Waals surface area contributed by atoms with Crippen molar-refractivity contribution in [3.63, 3.8) is 0 Å². The molecule has 1 aliphatic rings. The molecule has 0 bridgehead atoms. The molecule has 1 unspecified atom stereocenters. The minimum atomic E-state index is 0.384. The summed E-state index contributed by atoms with van der Waals surface area (Å²) in [6.45, 7) is 3.76. The number of nitrogens with one attached hydrogen (secondary N) is 2. The van der Waals surface area contributed by atoms with Gasteiger partial charge in [0, 0.05) is 31.2 Å². The Morgan fingerprint density at radius 2 is 2.08 bits per heavy atom. The topological polar surface area (TPSA) is 44.6 Å². The molecule has 1 saturated heterocycles. The molecule has 0 saturated carbocycles. The maximum Gasteiger partial charge on any atom is 0.191 e. The number of hydrogen-bond acceptors (Lipinski definition) is 3. The average molecular weight is 414 g/mol. The zero-order chi connectivity index (χ0) is 18.5. The van der Waals surface area contributed by atoms with E-state index >= 15 is 0 Å². The highest BCUT2D eigenvalue weighted by molar-refractivity contribution is 7.10. The third-order valence-corrected chi connectivity index (χ3v) is 6.61. The number of aromatic nitrogens is 1. The third-order valence-electron chi connectivity index (χ3n) is 4.79. The van der Waals surface area contributed by atoms with Crippen molar-refractivity contribution in [1.29, 1.82) is 0 Å². The first-order valence-electron chi connectivity index (χ1n) is 8.81. The molecule has 0 amide bonds. The van der Waals surface area contributed by atoms with E-state index in [1.54, 1.807) is 7.05 Å². The van der Waals surface area contributed by atoms with Crippen LogP contribution >= 0.6 is 34.5 Å². The molecule has 8 heteroatoms. The van der Waals surface area contributed by atoms with Gasteiger partial charge in [0.05, 0.1) is 17.6 Å². The highest BCUT2D eigenvalue weighted by atomic mass is 35.5. The second-order valence-electron chi connectivity index (χ2n) is 6.41. The molecule has 0 aliphatic carbocycles. The molecular formula is C18H25Cl2N5S. The van der Waals surface area contributed by atoms with E-state index in [4.69, 9.17) is 23.2 Å². The van der Waals surface area contributed by atoms with E-state index in [2.05, 4.69) is 38.0 Å². The smallest absolute Gasteiger partial charge is 0.191 e. The van der Waals surface area contributed by atoms with E-state index in [1.807, 2.05) is 29.0 Å². The highest BCUT2D eigenvalue weighted by Gasteiger charge is 2.24. The molecule has 2 aromatic heterocycles. The number of likely N-dealkylation sites (tertiary alicyclic amines) is 1. The number of guanidine groups is 1. The monoisotopic (exact) mass is 413 g/mol. The Morgan fingerprint density at radius 1 is 1.31 bits per heavy atom. The first-order chi connectivity index (χ1) is 12.6. The minimum Gasteiger partial charge on any atom is -0.354 e. The molecular weight excluding hydrogens is 389 g/mol. The number of rotatable bonds is 6. The van der Waals surface area contributed by atoms with Gasteiger partial charge in [0.25, 0.3) is 0 Å². The Balaban J connectivity index is 1.59. The fraction of sp³-hybridized carbons (Fsp3) is 0.500. The van der Waals surface area contributed by atoms with Crippen LogP contribution in [0, 0.1) is 0 Å². The highest BCUT2D eigenvalue weighted by Crippen LogP contribution is 2.28. The zero-order valence-corrected chi connectivity index (χ0v) is 17.5. The van der Waals surface area contributed by atoms with Crippen LogP contribution in [-0.4, -0.2) is 42.1 Å². The first-order valence-corrected chi connectivity index (χ1v) is 10.4. The molecule has 2 N–H and O–H groups in total. The summed E-state index contributed by atoms with van der Waals surface area (Å²) in [6.07, 6.45) is 2.56. The van der Waals surface area contributed by atoms with Crippen LogP contribution in [0.3, 0.4) is 0 Å². The molecule has 142 valence electrons. The SMILES string of the molecule is CN=C(NCc1cc(Cl)c(Cl)n1C)NCC(c1cccs1)N1CCCC1. The van der Waals surface area contributed by atoms with Gasteiger partial charge in [-0.1, -0.05) is 29.3 Å². The van der Waals surface area contributed by atoms with E-state index in [0.717, 1.165) is 31.3 Å². The van der Waals surface area contributed by atoms with Gasteiger partial charge in [0.15, 0.2) is 5.96 Å². The molecule has 0 spiro atoms. The first kappa shape index (κ1) is 19.5. The maximum absolute atomic E-state index is 6.13. The van der Waals surface area contributed by atoms with E-state index in [-0.39, 0.29) is 0 Å². The fourth-order valence-corrected chi connectivity index (χ4v) is 4.57. The van der Waals surface area contributed by atoms with Gasteiger partial charge in [-0.3, -0.25) is 9.89 Å². The van der Waals surface area contributed by atoms with Crippen LogP contribution in [0.2, 0.25) is 10.2 Å². The number of thiophene rings is 1. The lowest BCUT2D eigenvalue weighted by atomic mass is 10.2. The van der Waals surface area contributed by atoms with Crippen molar-refractivity contribution in [3.05, 3.63) is 44.3 Å². The minimum absolute atomic E-state index is 0.384. The van der Waals surface area contributed by atoms with Gasteiger partial charge in [0.1, 0.15) is 5.15 Å². The number of aliphatic imine (C=N–C) groups is 1. The summed E-state index contributed by atoms with van der Waals surface area (Å²) in [7, 11) is 3.69. The lowest BCUT2D eigenvalue weighted by Gasteiger charge is -2.27. The van der Waals surface area contributed by atoms with Crippen LogP contribution in [0.5, 0.6) is 0 Å². The van der Waals surface area contributed by atoms with E-state index < -0.39 is 0 Å². The second kappa shape index (κ2) is 9.13. The van der Waals surface area contributed by atoms with Crippen molar-refractivity contribution in [2.45, 2.75) is 25.4 Å². The van der Waals surface area contributed by atoms with Crippen molar-refractivity contribution in [3.8, 4) is 0 Å². The molecule has 1 fully saturated rings. The normalized spacial score (nSPS) is 16.8. The molecule has 5 nitrogen and oxygen atoms in total. The Morgan fingerprint density at radius 3 is 2.65 bits per heavy atom. The van der Waals surface area contributed by atoms with Crippen molar-refractivity contribution in [1.82, 2.24) is 20.1 Å². The number of nitrogens with zero attached hydrogens (tertiary/aromatic N) is 3. The Labute approximate surface area is 169 Å². The van der Waals surface area contributed by atoms with Crippen LogP contribution in [0.1, 0.15) is 29.5 Å². The van der Waals surface area contributed by atoms with Gasteiger partial charge < -0.3 is 15.2 Å². The van der Waals surface area contributed by atoms with E-state index in [1.165, 1.54) is 17.7 Å². The van der Waals surface area contributed by atoms with Crippen LogP contribution in [-0.2, 0) is 13.6 Å². The summed E-state index contributed by atoms with van der Waals surface area (Å²) in [5, 5.41) is 10.1. The Kier molecular flexibility index (Phi) is 6.86. The molecule has 2 aromatic rings. The summed E-state index contributed by atoms with van der Waals surface area (Å²) in [4.78, 5) is 8.30. The van der Waals surface area contributed by atoms with Gasteiger partial charge in [0.2, 0.25) is 0 Å². The van der Waals surface area contributed by atoms with Crippen molar-refractivity contribution in [2.75, 3.05) is 26.7 Å². The van der Waals surface area contributed by atoms with Crippen LogP contribution in [0.4, 0.5) is 0 Å². The van der Waals surface area contributed by atoms with Crippen LogP contribution in [0.25, 0.3) is 0 Å². The average Bonchev–Trinajstić information content (AvgIpc) is 3.39. The van der Waals surface area contributed by atoms with Gasteiger partial charge in [-0.25, -0.2) is 0 Å². The number of halogens is 2. The largest absolute Gasteiger partial charge is 0.354 e. The molecule has 0 radical (unpaired) electrons. The fourth-order valence-electron chi connectivity index (χ4n) is 3.29. The van der Waals surface area contributed by atoms with Gasteiger partial charge >= 0.3 is 0 Å². The molecule has 26 heavy (non-hydrogen) atoms. The standard InChI is InChI=1S/C18H25Cl2N5S/c1-21-18(22-11-13-10-14(19)17(20)24(13)2)23-12-15(16-6-5-9-26-16)25-7-3-4-8-25/h5-6,9-10,15H,3-4,7-8,11-12H2,1-2H3,(H2,21,22,23). The summed E-state index contributed by atoms with van der Waals surface area (Å²) >= 11 is 14.0. The lowest BCUT2D eigenvalue weighted by Crippen LogP contribution is -2.42. The predicted molar refractivity (Wildman–Crippen MR) is 112 cm³/mol. The maximum atomic E-state index is 6.13. The Hall–Kier alpha value is -1.21. The molecule has 3 heterocycles. The number of hydrogen-bond donors (Lipinski definition) is 2. The lowest BCUT2D eigenvalue weighted by molar-refractivity contribution is 0.249. The zero-order valence-electron chi connectivity index (χ0n) is 15.1. The summed E-state index contributed by atoms with van der Waals surface area (Å²) in [6, 6.07) is 6.61. The van der Waals surface area contributed by atoms with Crippen LogP contribution in [0.15, 0.2) is 28.6 Å².